The van der Waals surface area contributed by atoms with E-state index in [-0.39, 0.29) is 6.61 Å². The van der Waals surface area contributed by atoms with Crippen LogP contribution in [-0.2, 0) is 19.7 Å². The molecule has 0 saturated carbocycles. The molecule has 0 bridgehead atoms. The van der Waals surface area contributed by atoms with Crippen molar-refractivity contribution in [3.8, 4) is 0 Å². The molecular formula is C11H20N2O4S. The number of carbonyl (C=O) groups excluding carboxylic acids is 1. The standard InChI is InChI=1S/C11H20N2O4S/c1-2-17-11(14)10-6-5-9-13(10)18(15,16)12-7-3-4-8-12/h10H,2-9H2,1H3. The number of esters is 1. The van der Waals surface area contributed by atoms with Gasteiger partial charge in [-0.1, -0.05) is 0 Å². The van der Waals surface area contributed by atoms with Gasteiger partial charge in [0.25, 0.3) is 10.2 Å². The summed E-state index contributed by atoms with van der Waals surface area (Å²) in [6.07, 6.45) is 3.08. The molecule has 2 fully saturated rings. The molecule has 2 saturated heterocycles. The van der Waals surface area contributed by atoms with Crippen LogP contribution in [0.5, 0.6) is 0 Å². The normalized spacial score (nSPS) is 26.6. The Balaban J connectivity index is 2.13. The fraction of sp³-hybridized carbons (Fsp3) is 0.909. The number of ether oxygens (including phenoxy) is 1. The summed E-state index contributed by atoms with van der Waals surface area (Å²) in [7, 11) is -3.49. The zero-order chi connectivity index (χ0) is 13.2. The first-order valence-electron chi connectivity index (χ1n) is 6.51. The van der Waals surface area contributed by atoms with Crippen LogP contribution in [0, 0.1) is 0 Å². The van der Waals surface area contributed by atoms with E-state index in [2.05, 4.69) is 0 Å². The van der Waals surface area contributed by atoms with Crippen molar-refractivity contribution in [3.63, 3.8) is 0 Å². The van der Waals surface area contributed by atoms with Crippen LogP contribution >= 0.6 is 0 Å². The Morgan fingerprint density at radius 1 is 1.22 bits per heavy atom. The quantitative estimate of drug-likeness (QED) is 0.695. The van der Waals surface area contributed by atoms with Gasteiger partial charge < -0.3 is 4.74 Å². The third-order valence-corrected chi connectivity index (χ3v) is 5.50. The van der Waals surface area contributed by atoms with Crippen LogP contribution in [0.2, 0.25) is 0 Å². The van der Waals surface area contributed by atoms with Gasteiger partial charge in [-0.05, 0) is 32.6 Å². The van der Waals surface area contributed by atoms with E-state index >= 15 is 0 Å². The third kappa shape index (κ3) is 2.53. The van der Waals surface area contributed by atoms with E-state index in [0.717, 1.165) is 19.3 Å². The summed E-state index contributed by atoms with van der Waals surface area (Å²) in [5.74, 6) is -0.419. The van der Waals surface area contributed by atoms with E-state index in [1.54, 1.807) is 6.92 Å². The van der Waals surface area contributed by atoms with Crippen LogP contribution in [0.3, 0.4) is 0 Å². The number of hydrogen-bond donors (Lipinski definition) is 0. The molecule has 0 amide bonds. The van der Waals surface area contributed by atoms with E-state index in [0.29, 0.717) is 26.1 Å². The maximum Gasteiger partial charge on any atom is 0.324 e. The zero-order valence-electron chi connectivity index (χ0n) is 10.7. The van der Waals surface area contributed by atoms with Crippen molar-refractivity contribution in [3.05, 3.63) is 0 Å². The highest BCUT2D eigenvalue weighted by Crippen LogP contribution is 2.26. The molecule has 0 aromatic heterocycles. The lowest BCUT2D eigenvalue weighted by Crippen LogP contribution is -2.47. The van der Waals surface area contributed by atoms with E-state index in [4.69, 9.17) is 4.74 Å². The Bertz CT molecular complexity index is 403. The first-order chi connectivity index (χ1) is 8.57. The van der Waals surface area contributed by atoms with Crippen molar-refractivity contribution in [2.75, 3.05) is 26.2 Å². The molecule has 0 aromatic carbocycles. The first kappa shape index (κ1) is 13.8. The second kappa shape index (κ2) is 5.54. The van der Waals surface area contributed by atoms with Gasteiger partial charge in [-0.2, -0.15) is 17.0 Å². The van der Waals surface area contributed by atoms with Gasteiger partial charge in [0.1, 0.15) is 6.04 Å². The van der Waals surface area contributed by atoms with E-state index < -0.39 is 22.2 Å². The molecule has 2 heterocycles. The monoisotopic (exact) mass is 276 g/mol. The molecule has 0 aromatic rings. The van der Waals surface area contributed by atoms with Crippen molar-refractivity contribution < 1.29 is 17.9 Å². The summed E-state index contributed by atoms with van der Waals surface area (Å²) in [5, 5.41) is 0. The summed E-state index contributed by atoms with van der Waals surface area (Å²) in [6.45, 7) is 3.56. The van der Waals surface area contributed by atoms with Gasteiger partial charge in [-0.25, -0.2) is 0 Å². The second-order valence-corrected chi connectivity index (χ2v) is 6.52. The van der Waals surface area contributed by atoms with Gasteiger partial charge in [-0.3, -0.25) is 4.79 Å². The molecule has 0 aliphatic carbocycles. The lowest BCUT2D eigenvalue weighted by Gasteiger charge is -2.27. The average Bonchev–Trinajstić information content (AvgIpc) is 3.01. The van der Waals surface area contributed by atoms with Crippen LogP contribution < -0.4 is 0 Å². The average molecular weight is 276 g/mol. The lowest BCUT2D eigenvalue weighted by atomic mass is 10.2. The van der Waals surface area contributed by atoms with E-state index in [9.17, 15) is 13.2 Å². The minimum atomic E-state index is -3.49. The maximum atomic E-state index is 12.4. The Morgan fingerprint density at radius 2 is 1.89 bits per heavy atom. The van der Waals surface area contributed by atoms with Crippen molar-refractivity contribution in [2.24, 2.45) is 0 Å². The van der Waals surface area contributed by atoms with Crippen molar-refractivity contribution >= 4 is 16.2 Å². The topological polar surface area (TPSA) is 66.9 Å². The van der Waals surface area contributed by atoms with Gasteiger partial charge in [0, 0.05) is 19.6 Å². The van der Waals surface area contributed by atoms with Crippen molar-refractivity contribution in [1.29, 1.82) is 0 Å². The minimum Gasteiger partial charge on any atom is -0.465 e. The molecule has 104 valence electrons. The van der Waals surface area contributed by atoms with Gasteiger partial charge in [0.15, 0.2) is 0 Å². The summed E-state index contributed by atoms with van der Waals surface area (Å²) in [6, 6.07) is -0.629. The first-order valence-corrected chi connectivity index (χ1v) is 7.90. The van der Waals surface area contributed by atoms with Crippen LogP contribution in [-0.4, -0.2) is 55.3 Å². The van der Waals surface area contributed by atoms with Crippen LogP contribution in [0.15, 0.2) is 0 Å². The fourth-order valence-corrected chi connectivity index (χ4v) is 4.45. The SMILES string of the molecule is CCOC(=O)C1CCCN1S(=O)(=O)N1CCCC1. The molecule has 2 aliphatic heterocycles. The highest BCUT2D eigenvalue weighted by molar-refractivity contribution is 7.86. The van der Waals surface area contributed by atoms with Crippen LogP contribution in [0.25, 0.3) is 0 Å². The molecule has 2 rings (SSSR count). The van der Waals surface area contributed by atoms with Crippen molar-refractivity contribution in [2.45, 2.75) is 38.6 Å². The van der Waals surface area contributed by atoms with Gasteiger partial charge in [-0.15, -0.1) is 0 Å². The van der Waals surface area contributed by atoms with Crippen LogP contribution in [0.4, 0.5) is 0 Å². The Labute approximate surface area is 108 Å². The van der Waals surface area contributed by atoms with Gasteiger partial charge >= 0.3 is 5.97 Å². The number of hydrogen-bond acceptors (Lipinski definition) is 4. The fourth-order valence-electron chi connectivity index (χ4n) is 2.56. The maximum absolute atomic E-state index is 12.4. The largest absolute Gasteiger partial charge is 0.465 e. The Kier molecular flexibility index (Phi) is 4.24. The molecule has 18 heavy (non-hydrogen) atoms. The third-order valence-electron chi connectivity index (χ3n) is 3.45. The molecule has 1 atom stereocenters. The minimum absolute atomic E-state index is 0.285. The number of carbonyl (C=O) groups is 1. The zero-order valence-corrected chi connectivity index (χ0v) is 11.5. The molecule has 2 aliphatic rings. The molecule has 7 heteroatoms. The predicted molar refractivity (Wildman–Crippen MR) is 66.1 cm³/mol. The second-order valence-electron chi connectivity index (χ2n) is 4.63. The van der Waals surface area contributed by atoms with E-state index in [1.807, 2.05) is 0 Å². The predicted octanol–water partition coefficient (Wildman–Crippen LogP) is 0.355. The Hall–Kier alpha value is -0.660. The molecule has 0 spiro atoms. The number of nitrogens with zero attached hydrogens (tertiary/aromatic N) is 2. The van der Waals surface area contributed by atoms with E-state index in [1.165, 1.54) is 8.61 Å². The molecule has 0 N–H and O–H groups in total. The highest BCUT2D eigenvalue weighted by Gasteiger charge is 2.42. The van der Waals surface area contributed by atoms with Crippen LogP contribution in [0.1, 0.15) is 32.6 Å². The summed E-state index contributed by atoms with van der Waals surface area (Å²) >= 11 is 0. The van der Waals surface area contributed by atoms with Gasteiger partial charge in [0.05, 0.1) is 6.61 Å². The summed E-state index contributed by atoms with van der Waals surface area (Å²) in [5.41, 5.74) is 0. The number of rotatable bonds is 4. The Morgan fingerprint density at radius 3 is 2.50 bits per heavy atom. The lowest BCUT2D eigenvalue weighted by molar-refractivity contribution is -0.146. The van der Waals surface area contributed by atoms with Gasteiger partial charge in [0.2, 0.25) is 0 Å². The van der Waals surface area contributed by atoms with Crippen molar-refractivity contribution in [1.82, 2.24) is 8.61 Å². The highest BCUT2D eigenvalue weighted by atomic mass is 32.2. The smallest absolute Gasteiger partial charge is 0.324 e. The molecule has 1 unspecified atom stereocenters. The summed E-state index contributed by atoms with van der Waals surface area (Å²) < 4.78 is 32.5. The molecule has 6 nitrogen and oxygen atoms in total. The summed E-state index contributed by atoms with van der Waals surface area (Å²) in [4.78, 5) is 11.8. The molecule has 0 radical (unpaired) electrons. The molecular weight excluding hydrogens is 256 g/mol.